The lowest BCUT2D eigenvalue weighted by Crippen LogP contribution is -2.38. The van der Waals surface area contributed by atoms with Crippen molar-refractivity contribution in [1.82, 2.24) is 0 Å². The molecule has 6 heteroatoms. The number of rotatable bonds is 3. The zero-order chi connectivity index (χ0) is 17.1. The lowest BCUT2D eigenvalue weighted by molar-refractivity contribution is -0.121. The van der Waals surface area contributed by atoms with E-state index in [1.54, 1.807) is 11.8 Å². The van der Waals surface area contributed by atoms with Crippen LogP contribution in [0.1, 0.15) is 13.3 Å². The van der Waals surface area contributed by atoms with Crippen molar-refractivity contribution < 1.29 is 14.0 Å². The van der Waals surface area contributed by atoms with Crippen molar-refractivity contribution in [2.75, 3.05) is 16.8 Å². The van der Waals surface area contributed by atoms with Gasteiger partial charge < -0.3 is 10.2 Å². The molecule has 124 valence electrons. The molecule has 0 bridgehead atoms. The number of halogens is 1. The molecule has 0 saturated carbocycles. The van der Waals surface area contributed by atoms with E-state index in [0.29, 0.717) is 12.1 Å². The predicted molar refractivity (Wildman–Crippen MR) is 93.8 cm³/mol. The van der Waals surface area contributed by atoms with Gasteiger partial charge in [0.15, 0.2) is 0 Å². The van der Waals surface area contributed by atoms with Gasteiger partial charge in [0.05, 0.1) is 5.69 Å². The molecule has 1 N–H and O–H groups in total. The van der Waals surface area contributed by atoms with Crippen molar-refractivity contribution in [3.63, 3.8) is 0 Å². The molecular formula is C18H17FN2O2S. The Morgan fingerprint density at radius 1 is 1.25 bits per heavy atom. The van der Waals surface area contributed by atoms with E-state index >= 15 is 0 Å². The fraction of sp³-hybridized carbons (Fsp3) is 0.222. The molecule has 4 nitrogen and oxygen atoms in total. The summed E-state index contributed by atoms with van der Waals surface area (Å²) in [5.41, 5.74) is 1.26. The molecule has 0 spiro atoms. The Morgan fingerprint density at radius 3 is 2.71 bits per heavy atom. The third-order valence-corrected chi connectivity index (χ3v) is 4.85. The van der Waals surface area contributed by atoms with Crippen LogP contribution in [0.5, 0.6) is 0 Å². The molecule has 3 rings (SSSR count). The molecular weight excluding hydrogens is 327 g/mol. The minimum absolute atomic E-state index is 0.0689. The first kappa shape index (κ1) is 16.5. The SMILES string of the molecule is CC1CC(=O)N(CC(=O)Nc2ccc(F)cc2)c2ccccc2S1. The number of carbonyl (C=O) groups is 2. The van der Waals surface area contributed by atoms with Crippen molar-refractivity contribution >= 4 is 35.0 Å². The van der Waals surface area contributed by atoms with E-state index in [4.69, 9.17) is 0 Å². The van der Waals surface area contributed by atoms with Gasteiger partial charge in [0, 0.05) is 22.3 Å². The summed E-state index contributed by atoms with van der Waals surface area (Å²) in [5, 5.41) is 2.85. The summed E-state index contributed by atoms with van der Waals surface area (Å²) in [6, 6.07) is 13.1. The number of hydrogen-bond acceptors (Lipinski definition) is 3. The van der Waals surface area contributed by atoms with Gasteiger partial charge in [-0.3, -0.25) is 9.59 Å². The fourth-order valence-electron chi connectivity index (χ4n) is 2.58. The van der Waals surface area contributed by atoms with Crippen LogP contribution in [0.15, 0.2) is 53.4 Å². The highest BCUT2D eigenvalue weighted by Crippen LogP contribution is 2.37. The molecule has 1 atom stereocenters. The second-order valence-electron chi connectivity index (χ2n) is 5.64. The van der Waals surface area contributed by atoms with E-state index in [1.165, 1.54) is 29.2 Å². The van der Waals surface area contributed by atoms with Crippen LogP contribution >= 0.6 is 11.8 Å². The van der Waals surface area contributed by atoms with E-state index in [9.17, 15) is 14.0 Å². The minimum Gasteiger partial charge on any atom is -0.325 e. The molecule has 0 fully saturated rings. The normalized spacial score (nSPS) is 17.2. The van der Waals surface area contributed by atoms with Crippen molar-refractivity contribution in [3.05, 3.63) is 54.3 Å². The lowest BCUT2D eigenvalue weighted by Gasteiger charge is -2.22. The third kappa shape index (κ3) is 3.76. The highest BCUT2D eigenvalue weighted by atomic mass is 32.2. The summed E-state index contributed by atoms with van der Waals surface area (Å²) in [5.74, 6) is -0.755. The average Bonchev–Trinajstić information content (AvgIpc) is 2.66. The van der Waals surface area contributed by atoms with Crippen molar-refractivity contribution in [3.8, 4) is 0 Å². The van der Waals surface area contributed by atoms with Crippen LogP contribution in [-0.4, -0.2) is 23.6 Å². The quantitative estimate of drug-likeness (QED) is 0.924. The number of carbonyl (C=O) groups excluding carboxylic acids is 2. The van der Waals surface area contributed by atoms with Crippen molar-refractivity contribution in [2.45, 2.75) is 23.5 Å². The van der Waals surface area contributed by atoms with Gasteiger partial charge in [-0.2, -0.15) is 0 Å². The van der Waals surface area contributed by atoms with E-state index in [0.717, 1.165) is 10.6 Å². The summed E-state index contributed by atoms with van der Waals surface area (Å²) in [4.78, 5) is 27.3. The minimum atomic E-state index is -0.365. The number of benzene rings is 2. The molecule has 2 aromatic rings. The zero-order valence-electron chi connectivity index (χ0n) is 13.2. The molecule has 0 radical (unpaired) electrons. The first-order chi connectivity index (χ1) is 11.5. The van der Waals surface area contributed by atoms with Crippen LogP contribution in [0.3, 0.4) is 0 Å². The highest BCUT2D eigenvalue weighted by Gasteiger charge is 2.27. The van der Waals surface area contributed by atoms with Gasteiger partial charge in [-0.15, -0.1) is 11.8 Å². The Bertz CT molecular complexity index is 764. The maximum absolute atomic E-state index is 12.9. The molecule has 24 heavy (non-hydrogen) atoms. The fourth-order valence-corrected chi connectivity index (χ4v) is 3.69. The number of amides is 2. The van der Waals surface area contributed by atoms with Gasteiger partial charge in [0.1, 0.15) is 12.4 Å². The molecule has 1 aliphatic rings. The summed E-state index contributed by atoms with van der Waals surface area (Å²) in [6.07, 6.45) is 0.378. The van der Waals surface area contributed by atoms with Gasteiger partial charge in [-0.05, 0) is 36.4 Å². The average molecular weight is 344 g/mol. The number of hydrogen-bond donors (Lipinski definition) is 1. The predicted octanol–water partition coefficient (Wildman–Crippen LogP) is 3.68. The number of nitrogens with zero attached hydrogens (tertiary/aromatic N) is 1. The Labute approximate surface area is 144 Å². The van der Waals surface area contributed by atoms with Gasteiger partial charge >= 0.3 is 0 Å². The summed E-state index contributed by atoms with van der Waals surface area (Å²) >= 11 is 1.64. The van der Waals surface area contributed by atoms with Crippen LogP contribution in [-0.2, 0) is 9.59 Å². The largest absolute Gasteiger partial charge is 0.325 e. The van der Waals surface area contributed by atoms with Gasteiger partial charge in [0.2, 0.25) is 11.8 Å². The summed E-state index contributed by atoms with van der Waals surface area (Å²) in [7, 11) is 0. The van der Waals surface area contributed by atoms with Crippen LogP contribution in [0.2, 0.25) is 0 Å². The number of thioether (sulfide) groups is 1. The topological polar surface area (TPSA) is 49.4 Å². The molecule has 1 heterocycles. The summed E-state index contributed by atoms with van der Waals surface area (Å²) < 4.78 is 12.9. The molecule has 0 saturated heterocycles. The van der Waals surface area contributed by atoms with Crippen LogP contribution in [0.4, 0.5) is 15.8 Å². The van der Waals surface area contributed by atoms with E-state index in [-0.39, 0.29) is 29.4 Å². The first-order valence-electron chi connectivity index (χ1n) is 7.64. The summed E-state index contributed by atoms with van der Waals surface area (Å²) in [6.45, 7) is 1.93. The van der Waals surface area contributed by atoms with Crippen molar-refractivity contribution in [1.29, 1.82) is 0 Å². The van der Waals surface area contributed by atoms with E-state index in [1.807, 2.05) is 31.2 Å². The van der Waals surface area contributed by atoms with Gasteiger partial charge in [-0.1, -0.05) is 19.1 Å². The van der Waals surface area contributed by atoms with E-state index < -0.39 is 0 Å². The molecule has 1 unspecified atom stereocenters. The Balaban J connectivity index is 1.78. The lowest BCUT2D eigenvalue weighted by atomic mass is 10.2. The van der Waals surface area contributed by atoms with Crippen LogP contribution < -0.4 is 10.2 Å². The highest BCUT2D eigenvalue weighted by molar-refractivity contribution is 8.00. The van der Waals surface area contributed by atoms with Crippen molar-refractivity contribution in [2.24, 2.45) is 0 Å². The number of anilines is 2. The third-order valence-electron chi connectivity index (χ3n) is 3.68. The van der Waals surface area contributed by atoms with E-state index in [2.05, 4.69) is 5.32 Å². The Kier molecular flexibility index (Phi) is 4.85. The maximum Gasteiger partial charge on any atom is 0.244 e. The zero-order valence-corrected chi connectivity index (χ0v) is 14.0. The molecule has 1 aliphatic heterocycles. The standard InChI is InChI=1S/C18H17FN2O2S/c1-12-10-18(23)21(15-4-2-3-5-16(15)24-12)11-17(22)20-14-8-6-13(19)7-9-14/h2-9,12H,10-11H2,1H3,(H,20,22). The smallest absolute Gasteiger partial charge is 0.244 e. The van der Waals surface area contributed by atoms with Gasteiger partial charge in [-0.25, -0.2) is 4.39 Å². The number of fused-ring (bicyclic) bond motifs is 1. The molecule has 0 aliphatic carbocycles. The molecule has 0 aromatic heterocycles. The number of nitrogens with one attached hydrogen (secondary N) is 1. The van der Waals surface area contributed by atoms with Crippen LogP contribution in [0, 0.1) is 5.82 Å². The molecule has 2 aromatic carbocycles. The molecule has 2 amide bonds. The Hall–Kier alpha value is -2.34. The second-order valence-corrected chi connectivity index (χ2v) is 7.12. The maximum atomic E-state index is 12.9. The van der Waals surface area contributed by atoms with Crippen LogP contribution in [0.25, 0.3) is 0 Å². The Morgan fingerprint density at radius 2 is 1.96 bits per heavy atom. The second kappa shape index (κ2) is 7.05. The first-order valence-corrected chi connectivity index (χ1v) is 8.52. The van der Waals surface area contributed by atoms with Gasteiger partial charge in [0.25, 0.3) is 0 Å². The monoisotopic (exact) mass is 344 g/mol. The number of para-hydroxylation sites is 1.